The summed E-state index contributed by atoms with van der Waals surface area (Å²) in [6.45, 7) is 8.37. The van der Waals surface area contributed by atoms with Gasteiger partial charge in [0.1, 0.15) is 5.52 Å². The molecule has 0 saturated carbocycles. The summed E-state index contributed by atoms with van der Waals surface area (Å²) in [5, 5.41) is 5.23. The molecule has 2 nitrogen and oxygen atoms in total. The number of fused-ring (bicyclic) bond motifs is 1. The maximum absolute atomic E-state index is 14.0. The molecule has 17 heavy (non-hydrogen) atoms. The fourth-order valence-electron chi connectivity index (χ4n) is 2.31. The Kier molecular flexibility index (Phi) is 2.94. The molecule has 0 aliphatic carbocycles. The number of benzene rings is 1. The number of nitrogens with zero attached hydrogens (tertiary/aromatic N) is 2. The van der Waals surface area contributed by atoms with Crippen molar-refractivity contribution < 1.29 is 4.39 Å². The fourth-order valence-corrected chi connectivity index (χ4v) is 2.31. The van der Waals surface area contributed by atoms with Gasteiger partial charge in [0.25, 0.3) is 0 Å². The normalized spacial score (nSPS) is 12.0. The number of aromatic nitrogens is 2. The molecule has 2 aromatic rings. The van der Waals surface area contributed by atoms with E-state index >= 15 is 0 Å². The van der Waals surface area contributed by atoms with Gasteiger partial charge in [-0.1, -0.05) is 27.7 Å². The summed E-state index contributed by atoms with van der Waals surface area (Å²) < 4.78 is 15.8. The van der Waals surface area contributed by atoms with Gasteiger partial charge in [0.05, 0.1) is 0 Å². The first-order valence-corrected chi connectivity index (χ1v) is 6.07. The van der Waals surface area contributed by atoms with Crippen LogP contribution in [0.3, 0.4) is 0 Å². The maximum atomic E-state index is 14.0. The molecule has 0 unspecified atom stereocenters. The van der Waals surface area contributed by atoms with E-state index in [1.54, 1.807) is 10.7 Å². The first kappa shape index (κ1) is 12.1. The molecule has 1 aromatic carbocycles. The van der Waals surface area contributed by atoms with E-state index in [0.717, 1.165) is 16.6 Å². The maximum Gasteiger partial charge on any atom is 0.151 e. The summed E-state index contributed by atoms with van der Waals surface area (Å²) in [4.78, 5) is 0. The summed E-state index contributed by atoms with van der Waals surface area (Å²) in [6, 6.07) is 3.68. The topological polar surface area (TPSA) is 17.8 Å². The molecule has 0 saturated heterocycles. The highest BCUT2D eigenvalue weighted by atomic mass is 19.1. The second-order valence-electron chi connectivity index (χ2n) is 5.22. The lowest BCUT2D eigenvalue weighted by Gasteiger charge is -2.08. The van der Waals surface area contributed by atoms with E-state index in [1.165, 1.54) is 0 Å². The average molecular weight is 234 g/mol. The predicted molar refractivity (Wildman–Crippen MR) is 68.9 cm³/mol. The van der Waals surface area contributed by atoms with Gasteiger partial charge in [-0.2, -0.15) is 5.10 Å². The number of halogens is 1. The molecule has 0 aliphatic rings. The van der Waals surface area contributed by atoms with Crippen molar-refractivity contribution in [2.45, 2.75) is 39.5 Å². The van der Waals surface area contributed by atoms with Crippen LogP contribution < -0.4 is 0 Å². The highest BCUT2D eigenvalue weighted by Gasteiger charge is 2.16. The van der Waals surface area contributed by atoms with Crippen molar-refractivity contribution in [3.05, 3.63) is 29.2 Å². The summed E-state index contributed by atoms with van der Waals surface area (Å²) in [5.41, 5.74) is 2.62. The Labute approximate surface area is 101 Å². The summed E-state index contributed by atoms with van der Waals surface area (Å²) >= 11 is 0. The highest BCUT2D eigenvalue weighted by Crippen LogP contribution is 2.29. The van der Waals surface area contributed by atoms with E-state index in [0.29, 0.717) is 17.4 Å². The van der Waals surface area contributed by atoms with Crippen LogP contribution in [0, 0.1) is 5.82 Å². The van der Waals surface area contributed by atoms with E-state index in [9.17, 15) is 4.39 Å². The van der Waals surface area contributed by atoms with Gasteiger partial charge in [-0.15, -0.1) is 0 Å². The standard InChI is InChI=1S/C14H19FN2/c1-8(2)10-6-11-13(12(15)7-10)16-17(5)14(11)9(3)4/h6-9H,1-5H3. The molecular formula is C14H19FN2. The first-order valence-electron chi connectivity index (χ1n) is 6.07. The molecular weight excluding hydrogens is 215 g/mol. The molecule has 0 fully saturated rings. The van der Waals surface area contributed by atoms with Gasteiger partial charge >= 0.3 is 0 Å². The van der Waals surface area contributed by atoms with Crippen LogP contribution in [-0.4, -0.2) is 9.78 Å². The van der Waals surface area contributed by atoms with Crippen molar-refractivity contribution in [3.8, 4) is 0 Å². The van der Waals surface area contributed by atoms with E-state index < -0.39 is 0 Å². The third-order valence-corrected chi connectivity index (χ3v) is 3.17. The lowest BCUT2D eigenvalue weighted by Crippen LogP contribution is -1.99. The smallest absolute Gasteiger partial charge is 0.151 e. The Morgan fingerprint density at radius 2 is 1.76 bits per heavy atom. The molecule has 0 radical (unpaired) electrons. The quantitative estimate of drug-likeness (QED) is 0.769. The van der Waals surface area contributed by atoms with Crippen molar-refractivity contribution in [3.63, 3.8) is 0 Å². The first-order chi connectivity index (χ1) is 7.91. The van der Waals surface area contributed by atoms with E-state index in [1.807, 2.05) is 7.05 Å². The van der Waals surface area contributed by atoms with E-state index in [4.69, 9.17) is 0 Å². The van der Waals surface area contributed by atoms with Gasteiger partial charge in [0.2, 0.25) is 0 Å². The minimum Gasteiger partial charge on any atom is -0.271 e. The third-order valence-electron chi connectivity index (χ3n) is 3.17. The Balaban J connectivity index is 2.79. The number of aryl methyl sites for hydroxylation is 1. The van der Waals surface area contributed by atoms with E-state index in [-0.39, 0.29) is 5.82 Å². The Morgan fingerprint density at radius 1 is 1.12 bits per heavy atom. The monoisotopic (exact) mass is 234 g/mol. The zero-order chi connectivity index (χ0) is 12.7. The number of hydrogen-bond donors (Lipinski definition) is 0. The Morgan fingerprint density at radius 3 is 2.29 bits per heavy atom. The molecule has 0 amide bonds. The van der Waals surface area contributed by atoms with Crippen LogP contribution in [0.4, 0.5) is 4.39 Å². The summed E-state index contributed by atoms with van der Waals surface area (Å²) in [6.07, 6.45) is 0. The summed E-state index contributed by atoms with van der Waals surface area (Å²) in [5.74, 6) is 0.453. The van der Waals surface area contributed by atoms with Gasteiger partial charge in [0.15, 0.2) is 5.82 Å². The summed E-state index contributed by atoms with van der Waals surface area (Å²) in [7, 11) is 1.88. The molecule has 0 spiro atoms. The van der Waals surface area contributed by atoms with Crippen LogP contribution in [0.5, 0.6) is 0 Å². The SMILES string of the molecule is CC(C)c1cc(F)c2nn(C)c(C(C)C)c2c1. The van der Waals surface area contributed by atoms with Crippen molar-refractivity contribution in [2.24, 2.45) is 7.05 Å². The molecule has 0 N–H and O–H groups in total. The average Bonchev–Trinajstić information content (AvgIpc) is 2.54. The van der Waals surface area contributed by atoms with Crippen LogP contribution in [0.25, 0.3) is 10.9 Å². The van der Waals surface area contributed by atoms with Crippen LogP contribution in [0.1, 0.15) is 50.8 Å². The zero-order valence-corrected chi connectivity index (χ0v) is 11.1. The van der Waals surface area contributed by atoms with Crippen LogP contribution in [0.15, 0.2) is 12.1 Å². The van der Waals surface area contributed by atoms with Crippen LogP contribution in [-0.2, 0) is 7.05 Å². The van der Waals surface area contributed by atoms with Crippen molar-refractivity contribution in [1.82, 2.24) is 9.78 Å². The fraction of sp³-hybridized carbons (Fsp3) is 0.500. The molecule has 0 aliphatic heterocycles. The molecule has 2 rings (SSSR count). The van der Waals surface area contributed by atoms with Crippen LogP contribution >= 0.6 is 0 Å². The molecule has 1 heterocycles. The van der Waals surface area contributed by atoms with Gasteiger partial charge in [-0.25, -0.2) is 4.39 Å². The number of hydrogen-bond acceptors (Lipinski definition) is 1. The predicted octanol–water partition coefficient (Wildman–Crippen LogP) is 3.96. The minimum absolute atomic E-state index is 0.214. The minimum atomic E-state index is -0.214. The molecule has 0 bridgehead atoms. The Bertz CT molecular complexity index is 553. The lowest BCUT2D eigenvalue weighted by molar-refractivity contribution is 0.625. The highest BCUT2D eigenvalue weighted by molar-refractivity contribution is 5.83. The molecule has 1 aromatic heterocycles. The third kappa shape index (κ3) is 1.94. The lowest BCUT2D eigenvalue weighted by atomic mass is 9.98. The molecule has 92 valence electrons. The van der Waals surface area contributed by atoms with Crippen molar-refractivity contribution in [2.75, 3.05) is 0 Å². The van der Waals surface area contributed by atoms with Crippen molar-refractivity contribution in [1.29, 1.82) is 0 Å². The van der Waals surface area contributed by atoms with Gasteiger partial charge < -0.3 is 0 Å². The second-order valence-corrected chi connectivity index (χ2v) is 5.22. The largest absolute Gasteiger partial charge is 0.271 e. The molecule has 3 heteroatoms. The van der Waals surface area contributed by atoms with Gasteiger partial charge in [0, 0.05) is 18.1 Å². The van der Waals surface area contributed by atoms with Gasteiger partial charge in [-0.3, -0.25) is 4.68 Å². The van der Waals surface area contributed by atoms with Gasteiger partial charge in [-0.05, 0) is 29.5 Å². The number of rotatable bonds is 2. The molecule has 0 atom stereocenters. The second kappa shape index (κ2) is 4.13. The van der Waals surface area contributed by atoms with Crippen LogP contribution in [0.2, 0.25) is 0 Å². The Hall–Kier alpha value is -1.38. The zero-order valence-electron chi connectivity index (χ0n) is 11.1. The van der Waals surface area contributed by atoms with Crippen molar-refractivity contribution >= 4 is 10.9 Å². The van der Waals surface area contributed by atoms with E-state index in [2.05, 4.69) is 38.9 Å².